The van der Waals surface area contributed by atoms with Gasteiger partial charge in [0, 0.05) is 17.9 Å². The van der Waals surface area contributed by atoms with Gasteiger partial charge in [-0.25, -0.2) is 4.98 Å². The van der Waals surface area contributed by atoms with Crippen molar-refractivity contribution in [2.75, 3.05) is 5.43 Å². The zero-order chi connectivity index (χ0) is 12.5. The molecular formula is C12H11Cl2N3. The Morgan fingerprint density at radius 1 is 1.12 bits per heavy atom. The maximum atomic E-state index is 5.52. The van der Waals surface area contributed by atoms with Crippen LogP contribution >= 0.6 is 23.2 Å². The molecule has 1 aromatic carbocycles. The van der Waals surface area contributed by atoms with Crippen molar-refractivity contribution in [1.29, 1.82) is 0 Å². The second-order valence-electron chi connectivity index (χ2n) is 2.93. The van der Waals surface area contributed by atoms with Crippen molar-refractivity contribution in [3.05, 3.63) is 58.8 Å². The van der Waals surface area contributed by atoms with E-state index in [1.54, 1.807) is 18.3 Å². The van der Waals surface area contributed by atoms with E-state index in [2.05, 4.69) is 22.2 Å². The number of hydrazone groups is 1. The summed E-state index contributed by atoms with van der Waals surface area (Å²) in [5.74, 6) is 0. The molecule has 0 radical (unpaired) electrons. The Balaban J connectivity index is 0.000000171. The van der Waals surface area contributed by atoms with E-state index in [4.69, 9.17) is 23.2 Å². The molecular weight excluding hydrogens is 257 g/mol. The van der Waals surface area contributed by atoms with Crippen LogP contribution in [0.1, 0.15) is 0 Å². The summed E-state index contributed by atoms with van der Waals surface area (Å²) in [4.78, 5) is 3.72. The van der Waals surface area contributed by atoms with Gasteiger partial charge in [-0.15, -0.1) is 0 Å². The topological polar surface area (TPSA) is 37.3 Å². The first kappa shape index (κ1) is 13.5. The van der Waals surface area contributed by atoms with E-state index in [1.807, 2.05) is 30.3 Å². The highest BCUT2D eigenvalue weighted by atomic mass is 35.5. The van der Waals surface area contributed by atoms with E-state index in [9.17, 15) is 0 Å². The summed E-state index contributed by atoms with van der Waals surface area (Å²) < 4.78 is 0. The van der Waals surface area contributed by atoms with Crippen LogP contribution in [0.25, 0.3) is 0 Å². The summed E-state index contributed by atoms with van der Waals surface area (Å²) in [5.41, 5.74) is 3.69. The Morgan fingerprint density at radius 2 is 1.82 bits per heavy atom. The number of rotatable bonds is 2. The molecule has 0 aliphatic heterocycles. The number of benzene rings is 1. The highest BCUT2D eigenvalue weighted by Crippen LogP contribution is 2.10. The molecule has 2 aromatic rings. The SMILES string of the molecule is C=NNc1ccccc1.Clc1ccnc(Cl)c1. The zero-order valence-corrected chi connectivity index (χ0v) is 10.5. The second-order valence-corrected chi connectivity index (χ2v) is 3.76. The van der Waals surface area contributed by atoms with E-state index in [0.717, 1.165) is 5.69 Å². The van der Waals surface area contributed by atoms with Gasteiger partial charge in [-0.2, -0.15) is 5.10 Å². The molecule has 0 saturated carbocycles. The second kappa shape index (κ2) is 7.65. The smallest absolute Gasteiger partial charge is 0.130 e. The van der Waals surface area contributed by atoms with Crippen LogP contribution in [0.15, 0.2) is 53.8 Å². The summed E-state index contributed by atoms with van der Waals surface area (Å²) in [7, 11) is 0. The minimum Gasteiger partial charge on any atom is -0.279 e. The lowest BCUT2D eigenvalue weighted by atomic mass is 10.3. The van der Waals surface area contributed by atoms with Gasteiger partial charge in [0.1, 0.15) is 5.15 Å². The maximum absolute atomic E-state index is 5.52. The van der Waals surface area contributed by atoms with Gasteiger partial charge in [0.15, 0.2) is 0 Å². The minimum atomic E-state index is 0.428. The third kappa shape index (κ3) is 5.90. The van der Waals surface area contributed by atoms with Gasteiger partial charge in [-0.3, -0.25) is 5.43 Å². The first-order valence-electron chi connectivity index (χ1n) is 4.76. The third-order valence-corrected chi connectivity index (χ3v) is 2.11. The Morgan fingerprint density at radius 3 is 2.29 bits per heavy atom. The number of halogens is 2. The van der Waals surface area contributed by atoms with Crippen LogP contribution in [0.2, 0.25) is 10.2 Å². The molecule has 1 aromatic heterocycles. The van der Waals surface area contributed by atoms with E-state index in [-0.39, 0.29) is 0 Å². The molecule has 0 fully saturated rings. The lowest BCUT2D eigenvalue weighted by Gasteiger charge is -1.94. The normalized spacial score (nSPS) is 8.82. The molecule has 0 unspecified atom stereocenters. The molecule has 0 atom stereocenters. The fourth-order valence-corrected chi connectivity index (χ4v) is 1.37. The molecule has 1 N–H and O–H groups in total. The number of anilines is 1. The standard InChI is InChI=1S/C7H8N2.C5H3Cl2N/c1-8-9-7-5-3-2-4-6-7;6-4-1-2-8-5(7)3-4/h2-6,9H,1H2;1-3H. The van der Waals surface area contributed by atoms with Crippen molar-refractivity contribution >= 4 is 35.6 Å². The summed E-state index contributed by atoms with van der Waals surface area (Å²) in [6, 6.07) is 12.9. The molecule has 0 bridgehead atoms. The van der Waals surface area contributed by atoms with E-state index in [1.165, 1.54) is 0 Å². The van der Waals surface area contributed by atoms with Crippen molar-refractivity contribution in [2.45, 2.75) is 0 Å². The first-order valence-corrected chi connectivity index (χ1v) is 5.52. The molecule has 5 heteroatoms. The third-order valence-electron chi connectivity index (χ3n) is 1.67. The van der Waals surface area contributed by atoms with Crippen LogP contribution in [0, 0.1) is 0 Å². The predicted octanol–water partition coefficient (Wildman–Crippen LogP) is 4.10. The molecule has 3 nitrogen and oxygen atoms in total. The average molecular weight is 268 g/mol. The van der Waals surface area contributed by atoms with Crippen molar-refractivity contribution in [3.63, 3.8) is 0 Å². The number of hydrogen-bond donors (Lipinski definition) is 1. The monoisotopic (exact) mass is 267 g/mol. The average Bonchev–Trinajstić information content (AvgIpc) is 2.31. The lowest BCUT2D eigenvalue weighted by molar-refractivity contribution is 1.33. The van der Waals surface area contributed by atoms with Crippen molar-refractivity contribution in [1.82, 2.24) is 4.98 Å². The molecule has 0 saturated heterocycles. The molecule has 88 valence electrons. The number of pyridine rings is 1. The van der Waals surface area contributed by atoms with Crippen LogP contribution in [0.5, 0.6) is 0 Å². The summed E-state index contributed by atoms with van der Waals surface area (Å²) in [5, 5.41) is 4.55. The van der Waals surface area contributed by atoms with Gasteiger partial charge in [0.2, 0.25) is 0 Å². The van der Waals surface area contributed by atoms with Gasteiger partial charge >= 0.3 is 0 Å². The molecule has 1 heterocycles. The van der Waals surface area contributed by atoms with Crippen molar-refractivity contribution < 1.29 is 0 Å². The van der Waals surface area contributed by atoms with Crippen LogP contribution in [0.4, 0.5) is 5.69 Å². The first-order chi connectivity index (χ1) is 8.22. The molecule has 17 heavy (non-hydrogen) atoms. The van der Waals surface area contributed by atoms with Gasteiger partial charge in [0.05, 0.1) is 5.69 Å². The largest absolute Gasteiger partial charge is 0.279 e. The van der Waals surface area contributed by atoms with E-state index in [0.29, 0.717) is 10.2 Å². The number of nitrogens with one attached hydrogen (secondary N) is 1. The molecule has 2 rings (SSSR count). The van der Waals surface area contributed by atoms with E-state index >= 15 is 0 Å². The zero-order valence-electron chi connectivity index (χ0n) is 8.98. The van der Waals surface area contributed by atoms with Gasteiger partial charge in [-0.1, -0.05) is 41.4 Å². The highest BCUT2D eigenvalue weighted by Gasteiger charge is 1.86. The molecule has 0 aliphatic carbocycles. The predicted molar refractivity (Wildman–Crippen MR) is 73.9 cm³/mol. The van der Waals surface area contributed by atoms with Gasteiger partial charge in [-0.05, 0) is 24.3 Å². The maximum Gasteiger partial charge on any atom is 0.130 e. The molecule has 0 aliphatic rings. The Labute approximate surface area is 110 Å². The van der Waals surface area contributed by atoms with Crippen LogP contribution in [0.3, 0.4) is 0 Å². The number of para-hydroxylation sites is 1. The summed E-state index contributed by atoms with van der Waals surface area (Å²) >= 11 is 11.0. The quantitative estimate of drug-likeness (QED) is 0.505. The minimum absolute atomic E-state index is 0.428. The van der Waals surface area contributed by atoms with Gasteiger partial charge in [0.25, 0.3) is 0 Å². The number of nitrogens with zero attached hydrogens (tertiary/aromatic N) is 2. The summed E-state index contributed by atoms with van der Waals surface area (Å²) in [6.07, 6.45) is 1.56. The highest BCUT2D eigenvalue weighted by molar-refractivity contribution is 6.33. The number of aromatic nitrogens is 1. The molecule has 0 amide bonds. The summed E-state index contributed by atoms with van der Waals surface area (Å²) in [6.45, 7) is 3.29. The fraction of sp³-hybridized carbons (Fsp3) is 0. The van der Waals surface area contributed by atoms with Crippen molar-refractivity contribution in [2.24, 2.45) is 5.10 Å². The number of hydrogen-bond acceptors (Lipinski definition) is 3. The Kier molecular flexibility index (Phi) is 6.07. The van der Waals surface area contributed by atoms with Crippen LogP contribution in [-0.2, 0) is 0 Å². The Bertz CT molecular complexity index is 443. The Hall–Kier alpha value is -1.58. The van der Waals surface area contributed by atoms with Crippen molar-refractivity contribution in [3.8, 4) is 0 Å². The fourth-order valence-electron chi connectivity index (χ4n) is 0.983. The van der Waals surface area contributed by atoms with Crippen LogP contribution in [-0.4, -0.2) is 11.7 Å². The van der Waals surface area contributed by atoms with E-state index < -0.39 is 0 Å². The van der Waals surface area contributed by atoms with Crippen LogP contribution < -0.4 is 5.43 Å². The van der Waals surface area contributed by atoms with Gasteiger partial charge < -0.3 is 0 Å². The lowest BCUT2D eigenvalue weighted by Crippen LogP contribution is -1.83. The molecule has 0 spiro atoms.